The van der Waals surface area contributed by atoms with Crippen LogP contribution in [0.2, 0.25) is 0 Å². The highest BCUT2D eigenvalue weighted by atomic mass is 79.9. The van der Waals surface area contributed by atoms with Crippen molar-refractivity contribution in [2.24, 2.45) is 0 Å². The molecule has 1 aromatic heterocycles. The van der Waals surface area contributed by atoms with Crippen molar-refractivity contribution in [1.82, 2.24) is 9.55 Å². The molecule has 0 bridgehead atoms. The molecule has 0 radical (unpaired) electrons. The van der Waals surface area contributed by atoms with Crippen LogP contribution in [0.15, 0.2) is 35.1 Å². The van der Waals surface area contributed by atoms with Crippen molar-refractivity contribution in [2.75, 3.05) is 5.73 Å². The lowest BCUT2D eigenvalue weighted by Gasteiger charge is -2.10. The maximum atomic E-state index is 6.00. The summed E-state index contributed by atoms with van der Waals surface area (Å²) in [7, 11) is 0. The van der Waals surface area contributed by atoms with E-state index in [0.717, 1.165) is 40.9 Å². The van der Waals surface area contributed by atoms with Crippen molar-refractivity contribution >= 4 is 21.6 Å². The Balaban J connectivity index is 2.22. The number of aromatic nitrogens is 2. The van der Waals surface area contributed by atoms with Gasteiger partial charge < -0.3 is 10.3 Å². The number of imidazole rings is 1. The predicted octanol–water partition coefficient (Wildman–Crippen LogP) is 3.23. The van der Waals surface area contributed by atoms with Gasteiger partial charge in [-0.05, 0) is 24.1 Å². The lowest BCUT2D eigenvalue weighted by Crippen LogP contribution is -2.06. The molecule has 1 aromatic carbocycles. The summed E-state index contributed by atoms with van der Waals surface area (Å²) in [6.07, 6.45) is 5.96. The second-order valence-corrected chi connectivity index (χ2v) is 4.98. The van der Waals surface area contributed by atoms with Gasteiger partial charge in [0.25, 0.3) is 0 Å². The molecular formula is C13H16BrN3. The number of nitrogen functional groups attached to an aromatic ring is 1. The van der Waals surface area contributed by atoms with Gasteiger partial charge in [-0.25, -0.2) is 4.98 Å². The monoisotopic (exact) mass is 293 g/mol. The molecule has 0 aliphatic rings. The van der Waals surface area contributed by atoms with Crippen LogP contribution in [-0.4, -0.2) is 9.55 Å². The second kappa shape index (κ2) is 5.36. The summed E-state index contributed by atoms with van der Waals surface area (Å²) in [5.74, 6) is 1.12. The van der Waals surface area contributed by atoms with E-state index < -0.39 is 0 Å². The standard InChI is InChI=1S/C13H16BrN3/c1-2-3-13-16-6-7-17(13)9-10-4-5-11(14)8-12(10)15/h4-8H,2-3,9,15H2,1H3. The van der Waals surface area contributed by atoms with Gasteiger partial charge in [-0.15, -0.1) is 0 Å². The van der Waals surface area contributed by atoms with E-state index in [4.69, 9.17) is 5.73 Å². The van der Waals surface area contributed by atoms with E-state index >= 15 is 0 Å². The van der Waals surface area contributed by atoms with Gasteiger partial charge in [-0.1, -0.05) is 28.9 Å². The zero-order chi connectivity index (χ0) is 12.3. The normalized spacial score (nSPS) is 10.7. The number of hydrogen-bond donors (Lipinski definition) is 1. The fourth-order valence-corrected chi connectivity index (χ4v) is 2.21. The van der Waals surface area contributed by atoms with Gasteiger partial charge in [0.2, 0.25) is 0 Å². The first kappa shape index (κ1) is 12.2. The van der Waals surface area contributed by atoms with Crippen LogP contribution in [0.4, 0.5) is 5.69 Å². The minimum absolute atomic E-state index is 0.786. The minimum atomic E-state index is 0.786. The first-order valence-corrected chi connectivity index (χ1v) is 6.54. The molecule has 0 atom stereocenters. The first-order chi connectivity index (χ1) is 8.20. The van der Waals surface area contributed by atoms with Crippen LogP contribution < -0.4 is 5.73 Å². The molecule has 0 saturated heterocycles. The summed E-state index contributed by atoms with van der Waals surface area (Å²) < 4.78 is 3.17. The molecule has 0 spiro atoms. The summed E-state index contributed by atoms with van der Waals surface area (Å²) >= 11 is 3.41. The van der Waals surface area contributed by atoms with Crippen LogP contribution in [0.1, 0.15) is 24.7 Å². The van der Waals surface area contributed by atoms with Crippen molar-refractivity contribution < 1.29 is 0 Å². The van der Waals surface area contributed by atoms with E-state index in [1.807, 2.05) is 24.5 Å². The molecule has 1 heterocycles. The van der Waals surface area contributed by atoms with E-state index in [0.29, 0.717) is 0 Å². The maximum absolute atomic E-state index is 6.00. The molecule has 0 aliphatic carbocycles. The van der Waals surface area contributed by atoms with Crippen molar-refractivity contribution in [3.63, 3.8) is 0 Å². The molecule has 2 N–H and O–H groups in total. The van der Waals surface area contributed by atoms with E-state index in [1.165, 1.54) is 0 Å². The zero-order valence-corrected chi connectivity index (χ0v) is 11.4. The number of anilines is 1. The lowest BCUT2D eigenvalue weighted by molar-refractivity contribution is 0.706. The van der Waals surface area contributed by atoms with E-state index in [1.54, 1.807) is 0 Å². The Hall–Kier alpha value is -1.29. The molecule has 0 unspecified atom stereocenters. The first-order valence-electron chi connectivity index (χ1n) is 5.74. The van der Waals surface area contributed by atoms with Gasteiger partial charge in [0, 0.05) is 29.0 Å². The summed E-state index contributed by atoms with van der Waals surface area (Å²) in [5.41, 5.74) is 7.94. The Kier molecular flexibility index (Phi) is 3.84. The van der Waals surface area contributed by atoms with Gasteiger partial charge in [-0.3, -0.25) is 0 Å². The van der Waals surface area contributed by atoms with Crippen LogP contribution in [0.5, 0.6) is 0 Å². The highest BCUT2D eigenvalue weighted by Gasteiger charge is 2.05. The van der Waals surface area contributed by atoms with Crippen LogP contribution in [0.25, 0.3) is 0 Å². The molecule has 2 aromatic rings. The zero-order valence-electron chi connectivity index (χ0n) is 9.86. The van der Waals surface area contributed by atoms with Gasteiger partial charge in [0.15, 0.2) is 0 Å². The number of halogens is 1. The Morgan fingerprint density at radius 2 is 2.24 bits per heavy atom. The molecule has 3 nitrogen and oxygen atoms in total. The molecule has 90 valence electrons. The fraction of sp³-hybridized carbons (Fsp3) is 0.308. The Labute approximate surface area is 110 Å². The third-order valence-electron chi connectivity index (χ3n) is 2.72. The van der Waals surface area contributed by atoms with Crippen LogP contribution in [0, 0.1) is 0 Å². The topological polar surface area (TPSA) is 43.8 Å². The number of nitrogens with zero attached hydrogens (tertiary/aromatic N) is 2. The molecule has 0 saturated carbocycles. The lowest BCUT2D eigenvalue weighted by atomic mass is 10.2. The molecular weight excluding hydrogens is 278 g/mol. The Morgan fingerprint density at radius 1 is 1.41 bits per heavy atom. The maximum Gasteiger partial charge on any atom is 0.108 e. The molecule has 4 heteroatoms. The largest absolute Gasteiger partial charge is 0.398 e. The van der Waals surface area contributed by atoms with Crippen LogP contribution >= 0.6 is 15.9 Å². The highest BCUT2D eigenvalue weighted by Crippen LogP contribution is 2.20. The highest BCUT2D eigenvalue weighted by molar-refractivity contribution is 9.10. The van der Waals surface area contributed by atoms with Crippen molar-refractivity contribution in [2.45, 2.75) is 26.3 Å². The van der Waals surface area contributed by atoms with Gasteiger partial charge in [0.05, 0.1) is 6.54 Å². The smallest absolute Gasteiger partial charge is 0.108 e. The van der Waals surface area contributed by atoms with Crippen molar-refractivity contribution in [3.05, 3.63) is 46.5 Å². The van der Waals surface area contributed by atoms with E-state index in [9.17, 15) is 0 Å². The quantitative estimate of drug-likeness (QED) is 0.880. The van der Waals surface area contributed by atoms with E-state index in [2.05, 4.69) is 38.5 Å². The second-order valence-electron chi connectivity index (χ2n) is 4.06. The SMILES string of the molecule is CCCc1nccn1Cc1ccc(Br)cc1N. The Morgan fingerprint density at radius 3 is 2.94 bits per heavy atom. The van der Waals surface area contributed by atoms with E-state index in [-0.39, 0.29) is 0 Å². The van der Waals surface area contributed by atoms with Gasteiger partial charge >= 0.3 is 0 Å². The van der Waals surface area contributed by atoms with Crippen LogP contribution in [-0.2, 0) is 13.0 Å². The Bertz CT molecular complexity index is 505. The third-order valence-corrected chi connectivity index (χ3v) is 3.22. The van der Waals surface area contributed by atoms with Gasteiger partial charge in [-0.2, -0.15) is 0 Å². The number of rotatable bonds is 4. The molecule has 0 fully saturated rings. The average Bonchev–Trinajstić information content (AvgIpc) is 2.71. The predicted molar refractivity (Wildman–Crippen MR) is 73.9 cm³/mol. The average molecular weight is 294 g/mol. The summed E-state index contributed by atoms with van der Waals surface area (Å²) in [5, 5.41) is 0. The van der Waals surface area contributed by atoms with Crippen molar-refractivity contribution in [1.29, 1.82) is 0 Å². The molecule has 2 rings (SSSR count). The van der Waals surface area contributed by atoms with Gasteiger partial charge in [0.1, 0.15) is 5.82 Å². The number of hydrogen-bond acceptors (Lipinski definition) is 2. The summed E-state index contributed by atoms with van der Waals surface area (Å²) in [6, 6.07) is 6.00. The molecule has 0 amide bonds. The molecule has 0 aliphatic heterocycles. The number of benzene rings is 1. The third kappa shape index (κ3) is 2.88. The number of aryl methyl sites for hydroxylation is 1. The molecule has 17 heavy (non-hydrogen) atoms. The summed E-state index contributed by atoms with van der Waals surface area (Å²) in [4.78, 5) is 4.36. The fourth-order valence-electron chi connectivity index (χ4n) is 1.83. The number of nitrogens with two attached hydrogens (primary N) is 1. The summed E-state index contributed by atoms with van der Waals surface area (Å²) in [6.45, 7) is 2.95. The van der Waals surface area contributed by atoms with Crippen LogP contribution in [0.3, 0.4) is 0 Å². The van der Waals surface area contributed by atoms with Crippen molar-refractivity contribution in [3.8, 4) is 0 Å². The minimum Gasteiger partial charge on any atom is -0.398 e.